The van der Waals surface area contributed by atoms with E-state index in [1.165, 1.54) is 0 Å². The lowest BCUT2D eigenvalue weighted by Crippen LogP contribution is -1.89. The molecule has 1 aliphatic carbocycles. The molecule has 45 valence electrons. The van der Waals surface area contributed by atoms with Gasteiger partial charge in [-0.05, 0) is 11.8 Å². The Bertz CT molecular complexity index is 118. The summed E-state index contributed by atoms with van der Waals surface area (Å²) in [5.41, 5.74) is 0.284. The van der Waals surface area contributed by atoms with Crippen LogP contribution in [-0.2, 0) is 0 Å². The number of hydrogen-bond acceptors (Lipinski definition) is 2. The van der Waals surface area contributed by atoms with Crippen LogP contribution in [0.3, 0.4) is 0 Å². The Morgan fingerprint density at radius 2 is 2.25 bits per heavy atom. The highest BCUT2D eigenvalue weighted by Gasteiger charge is 2.44. The molecule has 0 spiro atoms. The summed E-state index contributed by atoms with van der Waals surface area (Å²) >= 11 is 0. The molecule has 2 nitrogen and oxygen atoms in total. The van der Waals surface area contributed by atoms with E-state index in [2.05, 4.69) is 25.4 Å². The fraction of sp³-hybridized carbons (Fsp3) is 0.667. The molecule has 0 saturated heterocycles. The Hall–Kier alpha value is -0.530. The second-order valence-corrected chi connectivity index (χ2v) is 2.78. The summed E-state index contributed by atoms with van der Waals surface area (Å²) in [6.45, 7) is 4.22. The van der Waals surface area contributed by atoms with E-state index >= 15 is 0 Å². The first-order valence-electron chi connectivity index (χ1n) is 2.70. The van der Waals surface area contributed by atoms with E-state index in [-0.39, 0.29) is 5.41 Å². The molecular weight excluding hydrogens is 102 g/mol. The molecule has 1 fully saturated rings. The van der Waals surface area contributed by atoms with E-state index in [4.69, 9.17) is 5.21 Å². The molecule has 0 aromatic carbocycles. The first-order valence-corrected chi connectivity index (χ1v) is 2.70. The molecule has 2 heteroatoms. The SMILES string of the molecule is CC1(C)[CH]C1C=NO. The van der Waals surface area contributed by atoms with Gasteiger partial charge in [0.15, 0.2) is 0 Å². The lowest BCUT2D eigenvalue weighted by atomic mass is 10.1. The van der Waals surface area contributed by atoms with Gasteiger partial charge in [0.2, 0.25) is 0 Å². The third-order valence-corrected chi connectivity index (χ3v) is 1.59. The lowest BCUT2D eigenvalue weighted by Gasteiger charge is -1.92. The van der Waals surface area contributed by atoms with Gasteiger partial charge in [-0.15, -0.1) is 5.16 Å². The third-order valence-electron chi connectivity index (χ3n) is 1.59. The molecule has 0 aromatic heterocycles. The summed E-state index contributed by atoms with van der Waals surface area (Å²) in [7, 11) is 0. The Balaban J connectivity index is 2.37. The summed E-state index contributed by atoms with van der Waals surface area (Å²) < 4.78 is 0. The standard InChI is InChI=1S/C6H10NO/c1-6(2)3-5(6)4-7-8/h3-5,8H,1-2H3. The minimum absolute atomic E-state index is 0.284. The average Bonchev–Trinajstić information content (AvgIpc) is 2.15. The van der Waals surface area contributed by atoms with E-state index in [1.807, 2.05) is 0 Å². The van der Waals surface area contributed by atoms with Gasteiger partial charge in [0.25, 0.3) is 0 Å². The zero-order chi connectivity index (χ0) is 6.20. The number of nitrogens with zero attached hydrogens (tertiary/aromatic N) is 1. The van der Waals surface area contributed by atoms with Crippen LogP contribution in [0.4, 0.5) is 0 Å². The van der Waals surface area contributed by atoms with Crippen molar-refractivity contribution in [2.75, 3.05) is 0 Å². The van der Waals surface area contributed by atoms with Crippen LogP contribution in [0, 0.1) is 17.8 Å². The van der Waals surface area contributed by atoms with Crippen molar-refractivity contribution in [3.63, 3.8) is 0 Å². The van der Waals surface area contributed by atoms with Crippen molar-refractivity contribution in [1.29, 1.82) is 0 Å². The second-order valence-electron chi connectivity index (χ2n) is 2.78. The minimum Gasteiger partial charge on any atom is -0.411 e. The summed E-state index contributed by atoms with van der Waals surface area (Å²) in [6, 6.07) is 0. The van der Waals surface area contributed by atoms with Crippen LogP contribution >= 0.6 is 0 Å². The van der Waals surface area contributed by atoms with Gasteiger partial charge in [0.05, 0.1) is 0 Å². The lowest BCUT2D eigenvalue weighted by molar-refractivity contribution is 0.319. The van der Waals surface area contributed by atoms with Gasteiger partial charge in [-0.3, -0.25) is 0 Å². The van der Waals surface area contributed by atoms with Gasteiger partial charge < -0.3 is 5.21 Å². The molecular formula is C6H10NO. The summed E-state index contributed by atoms with van der Waals surface area (Å²) in [4.78, 5) is 0. The van der Waals surface area contributed by atoms with E-state index in [1.54, 1.807) is 6.21 Å². The highest BCUT2D eigenvalue weighted by atomic mass is 16.4. The predicted molar refractivity (Wildman–Crippen MR) is 31.8 cm³/mol. The van der Waals surface area contributed by atoms with Crippen molar-refractivity contribution in [3.8, 4) is 0 Å². The topological polar surface area (TPSA) is 32.6 Å². The molecule has 0 heterocycles. The summed E-state index contributed by atoms with van der Waals surface area (Å²) in [5.74, 6) is 0.396. The maximum atomic E-state index is 8.06. The molecule has 1 N–H and O–H groups in total. The van der Waals surface area contributed by atoms with Crippen LogP contribution < -0.4 is 0 Å². The normalized spacial score (nSPS) is 33.5. The molecule has 1 atom stereocenters. The van der Waals surface area contributed by atoms with Crippen molar-refractivity contribution in [2.45, 2.75) is 13.8 Å². The Labute approximate surface area is 49.2 Å². The maximum absolute atomic E-state index is 8.06. The third kappa shape index (κ3) is 0.831. The largest absolute Gasteiger partial charge is 0.411 e. The van der Waals surface area contributed by atoms with Gasteiger partial charge in [0, 0.05) is 12.1 Å². The van der Waals surface area contributed by atoms with E-state index in [0.717, 1.165) is 0 Å². The quantitative estimate of drug-likeness (QED) is 0.309. The fourth-order valence-corrected chi connectivity index (χ4v) is 0.722. The Morgan fingerprint density at radius 1 is 1.75 bits per heavy atom. The number of oxime groups is 1. The van der Waals surface area contributed by atoms with Crippen LogP contribution in [0.25, 0.3) is 0 Å². The molecule has 1 rings (SSSR count). The molecule has 0 aliphatic heterocycles. The van der Waals surface area contributed by atoms with Crippen molar-refractivity contribution in [1.82, 2.24) is 0 Å². The van der Waals surface area contributed by atoms with Gasteiger partial charge >= 0.3 is 0 Å². The smallest absolute Gasteiger partial charge is 0.0475 e. The van der Waals surface area contributed by atoms with Crippen LogP contribution in [0.1, 0.15) is 13.8 Å². The van der Waals surface area contributed by atoms with Crippen LogP contribution in [0.5, 0.6) is 0 Å². The first kappa shape index (κ1) is 5.60. The molecule has 0 amide bonds. The fourth-order valence-electron chi connectivity index (χ4n) is 0.722. The Kier molecular flexibility index (Phi) is 1.03. The zero-order valence-electron chi connectivity index (χ0n) is 5.13. The molecule has 1 radical (unpaired) electrons. The van der Waals surface area contributed by atoms with Crippen molar-refractivity contribution < 1.29 is 5.21 Å². The zero-order valence-corrected chi connectivity index (χ0v) is 5.13. The van der Waals surface area contributed by atoms with Gasteiger partial charge in [-0.25, -0.2) is 0 Å². The van der Waals surface area contributed by atoms with Crippen LogP contribution in [0.2, 0.25) is 0 Å². The number of hydrogen-bond donors (Lipinski definition) is 1. The monoisotopic (exact) mass is 112 g/mol. The van der Waals surface area contributed by atoms with E-state index in [9.17, 15) is 0 Å². The summed E-state index contributed by atoms with van der Waals surface area (Å²) in [5, 5.41) is 11.0. The van der Waals surface area contributed by atoms with Crippen molar-refractivity contribution in [3.05, 3.63) is 6.42 Å². The summed E-state index contributed by atoms with van der Waals surface area (Å²) in [6.07, 6.45) is 3.69. The van der Waals surface area contributed by atoms with E-state index < -0.39 is 0 Å². The predicted octanol–water partition coefficient (Wildman–Crippen LogP) is 1.31. The average molecular weight is 112 g/mol. The van der Waals surface area contributed by atoms with Gasteiger partial charge in [-0.1, -0.05) is 13.8 Å². The molecule has 0 bridgehead atoms. The molecule has 0 aromatic rings. The Morgan fingerprint density at radius 3 is 2.38 bits per heavy atom. The van der Waals surface area contributed by atoms with Crippen LogP contribution in [-0.4, -0.2) is 11.4 Å². The van der Waals surface area contributed by atoms with Gasteiger partial charge in [0.1, 0.15) is 0 Å². The van der Waals surface area contributed by atoms with Crippen molar-refractivity contribution >= 4 is 6.21 Å². The highest BCUT2D eigenvalue weighted by Crippen LogP contribution is 2.48. The second kappa shape index (κ2) is 1.47. The van der Waals surface area contributed by atoms with E-state index in [0.29, 0.717) is 5.92 Å². The molecule has 8 heavy (non-hydrogen) atoms. The molecule has 1 saturated carbocycles. The van der Waals surface area contributed by atoms with Crippen LogP contribution in [0.15, 0.2) is 5.16 Å². The maximum Gasteiger partial charge on any atom is 0.0475 e. The molecule has 1 unspecified atom stereocenters. The van der Waals surface area contributed by atoms with Gasteiger partial charge in [-0.2, -0.15) is 0 Å². The first-order chi connectivity index (χ1) is 3.67. The molecule has 1 aliphatic rings. The van der Waals surface area contributed by atoms with Crippen molar-refractivity contribution in [2.24, 2.45) is 16.5 Å². The minimum atomic E-state index is 0.284. The number of rotatable bonds is 1. The highest BCUT2D eigenvalue weighted by molar-refractivity contribution is 5.69.